The number of carbonyl (C=O) groups is 8. The van der Waals surface area contributed by atoms with Gasteiger partial charge in [-0.05, 0) is 231 Å². The van der Waals surface area contributed by atoms with Crippen molar-refractivity contribution in [1.29, 1.82) is 5.26 Å². The van der Waals surface area contributed by atoms with E-state index in [1.54, 1.807) is 134 Å². The van der Waals surface area contributed by atoms with E-state index in [4.69, 9.17) is 67.5 Å². The predicted octanol–water partition coefficient (Wildman–Crippen LogP) is 21.9. The summed E-state index contributed by atoms with van der Waals surface area (Å²) in [7, 11) is 0. The molecule has 4 fully saturated rings. The summed E-state index contributed by atoms with van der Waals surface area (Å²) in [6.45, 7) is 4.41. The number of oxazole rings is 1. The monoisotopic (exact) mass is 1980 g/mol. The van der Waals surface area contributed by atoms with Gasteiger partial charge in [-0.3, -0.25) is 33.6 Å². The van der Waals surface area contributed by atoms with E-state index < -0.39 is 52.7 Å². The number of aromatic nitrogens is 9. The van der Waals surface area contributed by atoms with Crippen molar-refractivity contribution in [2.75, 3.05) is 10.6 Å². The van der Waals surface area contributed by atoms with Crippen LogP contribution in [0.2, 0.25) is 25.1 Å². The molecule has 26 nitrogen and oxygen atoms in total. The van der Waals surface area contributed by atoms with Gasteiger partial charge in [0.05, 0.1) is 55.8 Å². The van der Waals surface area contributed by atoms with E-state index in [-0.39, 0.29) is 97.1 Å². The normalized spacial score (nSPS) is 13.9. The summed E-state index contributed by atoms with van der Waals surface area (Å²) in [4.78, 5) is 103. The fourth-order valence-electron chi connectivity index (χ4n) is 16.6. The summed E-state index contributed by atoms with van der Waals surface area (Å²) in [6, 6.07) is 54.5. The number of tetrazole rings is 1. The number of aromatic carboxylic acids is 1. The molecule has 0 radical (unpaired) electrons. The zero-order valence-corrected chi connectivity index (χ0v) is 79.1. The van der Waals surface area contributed by atoms with Crippen LogP contribution in [-0.4, -0.2) is 77.0 Å². The highest BCUT2D eigenvalue weighted by Gasteiger charge is 2.40. The summed E-state index contributed by atoms with van der Waals surface area (Å²) in [5, 5.41) is 88.8. The van der Waals surface area contributed by atoms with E-state index in [2.05, 4.69) is 31.1 Å². The molecule has 4 atom stereocenters. The molecule has 0 saturated heterocycles. The molecule has 8 aromatic carbocycles. The number of carboxylic acids is 1. The van der Waals surface area contributed by atoms with E-state index in [1.165, 1.54) is 111 Å². The Balaban J connectivity index is 0.000000141. The lowest BCUT2D eigenvalue weighted by Gasteiger charge is -2.17. The van der Waals surface area contributed by atoms with Gasteiger partial charge in [-0.2, -0.15) is 28.9 Å². The summed E-state index contributed by atoms with van der Waals surface area (Å²) in [5.41, 5.74) is 9.20. The third-order valence-corrected chi connectivity index (χ3v) is 26.3. The second-order valence-corrected chi connectivity index (χ2v) is 37.2. The van der Waals surface area contributed by atoms with Crippen LogP contribution in [0.3, 0.4) is 0 Å². The first kappa shape index (κ1) is 99.8. The van der Waals surface area contributed by atoms with Gasteiger partial charge in [0.15, 0.2) is 77.5 Å². The van der Waals surface area contributed by atoms with Crippen LogP contribution in [0.25, 0.3) is 61.5 Å². The highest BCUT2D eigenvalue weighted by Crippen LogP contribution is 2.45. The molecule has 6 aromatic heterocycles. The Bertz CT molecular complexity index is 7120. The number of nitrogens with zero attached hydrogens (tertiary/aromatic N) is 10. The molecule has 2 amide bonds. The minimum absolute atomic E-state index is 0.0247. The van der Waals surface area contributed by atoms with Crippen molar-refractivity contribution in [3.63, 3.8) is 0 Å². The third-order valence-electron chi connectivity index (χ3n) is 24.9. The number of ketones is 5. The van der Waals surface area contributed by atoms with Crippen molar-refractivity contribution in [3.05, 3.63) is 369 Å². The molecule has 0 aliphatic heterocycles. The second-order valence-electron chi connectivity index (χ2n) is 35.1. The minimum Gasteiger partial charge on any atom is -0.618 e. The molecule has 0 bridgehead atoms. The standard InChI is InChI=1S/C27H23Cl2N5O3.C27H22ClFN2O3.C27H22ClN3O5.C25H21ClF2N2O3/c1-16(35)18-4-5-19(24(29)11-18)12-27(36)23(10-17-2-3-17)26-8-6-20(14-34(26)37)22-13-21(28)7-9-25(22)33-15-30-31-32-33;1-16(32)19-6-4-18(5-7-19)13-25(33)22(12-17-2-3-17)24-11-9-21(15-31(24)34)26-20(14-30)8-10-23(28)27(26)29;28-19-6-9-21(25-13-29-15-36-25)22(12-19)18-5-10-24(31(35)14-18)23(11-16-1-2-16)26(32)30-20-7-3-17(4-8-20)27(33)34;1-14(31)16-4-7-18(8-5-16)29-25(32)19(12-15-2-3-15)22-11-6-17(13-30(22)33)23-21(27)10-9-20(26)24(23)28/h4-9,11,13-15,17,23H,2-3,10,12H2,1H3;4-11,15,17,22H,2-3,12-13H2,1H3;3-10,12-16,23H,1-2,11H2,(H,30,32)(H,33,34);4-11,13,15,19H,2-3,12H2,1H3,(H,29,32). The predicted molar refractivity (Wildman–Crippen MR) is 519 cm³/mol. The van der Waals surface area contributed by atoms with Crippen LogP contribution in [-0.2, 0) is 32.0 Å². The van der Waals surface area contributed by atoms with Crippen molar-refractivity contribution in [2.45, 2.75) is 134 Å². The minimum atomic E-state index is -1.04. The number of carboxylic acid groups (broad SMARTS) is 1. The Morgan fingerprint density at radius 1 is 0.471 bits per heavy atom. The largest absolute Gasteiger partial charge is 0.618 e. The number of nitriles is 1. The molecule has 4 aliphatic rings. The maximum atomic E-state index is 14.7. The summed E-state index contributed by atoms with van der Waals surface area (Å²) < 4.78 is 52.9. The molecule has 14 aromatic rings. The van der Waals surface area contributed by atoms with Gasteiger partial charge in [0.2, 0.25) is 34.6 Å². The SMILES string of the molecule is CC(=O)c1ccc(CC(=O)C(CC2CC2)c2ccc(-c3c(C#N)ccc(Cl)c3F)c[n+]2[O-])cc1.CC(=O)c1ccc(CC(=O)C(CC2CC2)c2ccc(-c3cc(Cl)ccc3-n3cnnn3)c[n+]2[O-])c(Cl)c1.CC(=O)c1ccc(NC(=O)C(CC2CC2)c2ccc(-c3c(F)ccc(Cl)c3F)c[n+]2[O-])cc1.O=C(O)c1ccc(NC(=O)C(CC2CC2)c2ccc(-c3cc(Cl)ccc3-c3cnco3)c[n+]2[O-])cc1. The number of benzene rings is 8. The van der Waals surface area contributed by atoms with Crippen LogP contribution in [0, 0.1) is 73.3 Å². The second kappa shape index (κ2) is 44.4. The van der Waals surface area contributed by atoms with Crippen molar-refractivity contribution >= 4 is 116 Å². The van der Waals surface area contributed by atoms with Gasteiger partial charge in [-0.25, -0.2) is 22.9 Å². The number of anilines is 2. The fourth-order valence-corrected chi connectivity index (χ4v) is 17.5. The zero-order valence-electron chi connectivity index (χ0n) is 75.4. The van der Waals surface area contributed by atoms with Crippen molar-refractivity contribution in [3.8, 4) is 67.6 Å². The lowest BCUT2D eigenvalue weighted by Crippen LogP contribution is -2.37. The number of rotatable bonds is 32. The summed E-state index contributed by atoms with van der Waals surface area (Å²) in [5.74, 6) is -5.18. The van der Waals surface area contributed by atoms with Crippen LogP contribution in [0.4, 0.5) is 24.5 Å². The molecular weight excluding hydrogens is 1900 g/mol. The number of halogens is 8. The average molecular weight is 1990 g/mol. The summed E-state index contributed by atoms with van der Waals surface area (Å²) in [6.07, 6.45) is 20.1. The number of nitrogens with one attached hydrogen (secondary N) is 2. The fraction of sp³-hybridized carbons (Fsp3) is 0.236. The van der Waals surface area contributed by atoms with E-state index in [9.17, 15) is 77.6 Å². The van der Waals surface area contributed by atoms with E-state index in [0.717, 1.165) is 90.3 Å². The lowest BCUT2D eigenvalue weighted by molar-refractivity contribution is -0.614. The molecule has 34 heteroatoms. The first-order chi connectivity index (χ1) is 67.2. The van der Waals surface area contributed by atoms with Crippen LogP contribution in [0.15, 0.2) is 248 Å². The molecule has 0 spiro atoms. The molecule has 4 unspecified atom stereocenters. The molecular formula is C106H88Cl5F3N12O14. The van der Waals surface area contributed by atoms with Crippen molar-refractivity contribution in [2.24, 2.45) is 23.7 Å². The Morgan fingerprint density at radius 3 is 1.36 bits per heavy atom. The topological polar surface area (TPSA) is 382 Å². The summed E-state index contributed by atoms with van der Waals surface area (Å²) >= 11 is 30.5. The molecule has 4 saturated carbocycles. The van der Waals surface area contributed by atoms with Crippen molar-refractivity contribution < 1.29 is 80.0 Å². The molecule has 4 aliphatic carbocycles. The highest BCUT2D eigenvalue weighted by molar-refractivity contribution is 6.33. The Hall–Kier alpha value is -14.7. The number of hydrogen-bond donors (Lipinski definition) is 3. The Labute approximate surface area is 826 Å². The highest BCUT2D eigenvalue weighted by atomic mass is 35.5. The smallest absolute Gasteiger partial charge is 0.335 e. The zero-order chi connectivity index (χ0) is 99.4. The van der Waals surface area contributed by atoms with E-state index in [1.807, 2.05) is 12.1 Å². The van der Waals surface area contributed by atoms with E-state index >= 15 is 0 Å². The first-order valence-corrected chi connectivity index (χ1v) is 46.8. The lowest BCUT2D eigenvalue weighted by atomic mass is 9.89. The van der Waals surface area contributed by atoms with Crippen LogP contribution in [0.5, 0.6) is 0 Å². The van der Waals surface area contributed by atoms with Gasteiger partial charge in [0, 0.05) is 114 Å². The van der Waals surface area contributed by atoms with E-state index in [0.29, 0.717) is 158 Å². The maximum absolute atomic E-state index is 14.7. The van der Waals surface area contributed by atoms with Crippen molar-refractivity contribution in [1.82, 2.24) is 25.2 Å². The van der Waals surface area contributed by atoms with Crippen LogP contribution >= 0.6 is 58.0 Å². The Kier molecular flexibility index (Phi) is 31.7. The third kappa shape index (κ3) is 24.9. The van der Waals surface area contributed by atoms with Gasteiger partial charge in [0.25, 0.3) is 0 Å². The molecule has 712 valence electrons. The van der Waals surface area contributed by atoms with Gasteiger partial charge in [-0.15, -0.1) is 5.10 Å². The van der Waals surface area contributed by atoms with Crippen LogP contribution < -0.4 is 29.6 Å². The van der Waals surface area contributed by atoms with Gasteiger partial charge < -0.3 is 41.0 Å². The maximum Gasteiger partial charge on any atom is 0.335 e. The quantitative estimate of drug-likeness (QED) is 0.0153. The van der Waals surface area contributed by atoms with Gasteiger partial charge in [-0.1, -0.05) is 146 Å². The molecule has 3 N–H and O–H groups in total. The number of Topliss-reactive ketones (excluding diaryl/α,β-unsaturated/α-hetero) is 5. The number of pyridine rings is 4. The number of carbonyl (C=O) groups excluding carboxylic acids is 7. The number of amides is 2. The number of hydrogen-bond acceptors (Lipinski definition) is 18. The van der Waals surface area contributed by atoms with Crippen LogP contribution in [0.1, 0.15) is 202 Å². The average Bonchev–Trinajstić information content (AvgIpc) is 1.78. The first-order valence-electron chi connectivity index (χ1n) is 44.9. The molecule has 18 rings (SSSR count). The molecule has 6 heterocycles. The van der Waals surface area contributed by atoms with Gasteiger partial charge >= 0.3 is 5.97 Å². The Morgan fingerprint density at radius 2 is 0.900 bits per heavy atom. The molecule has 140 heavy (non-hydrogen) atoms. The van der Waals surface area contributed by atoms with Gasteiger partial charge in [0.1, 0.15) is 35.8 Å².